The molecule has 0 unspecified atom stereocenters. The molecule has 0 fully saturated rings. The Morgan fingerprint density at radius 2 is 1.89 bits per heavy atom. The van der Waals surface area contributed by atoms with Crippen LogP contribution in [0.5, 0.6) is 0 Å². The van der Waals surface area contributed by atoms with Crippen molar-refractivity contribution in [3.05, 3.63) is 65.6 Å². The fourth-order valence-electron chi connectivity index (χ4n) is 2.33. The number of carbonyl (C=O) groups excluding carboxylic acids is 1. The molecule has 3 rings (SSSR count). The van der Waals surface area contributed by atoms with Gasteiger partial charge in [-0.15, -0.1) is 0 Å². The van der Waals surface area contributed by atoms with Gasteiger partial charge in [-0.3, -0.25) is 4.79 Å². The number of nitrogens with zero attached hydrogens (tertiary/aromatic N) is 2. The highest BCUT2D eigenvalue weighted by Gasteiger charge is 2.30. The molecule has 10 heteroatoms. The van der Waals surface area contributed by atoms with Crippen LogP contribution in [0.25, 0.3) is 11.4 Å². The Hall–Kier alpha value is -3.30. The normalized spacial score (nSPS) is 11.5. The number of alkyl halides is 3. The van der Waals surface area contributed by atoms with Crippen molar-refractivity contribution in [2.45, 2.75) is 19.0 Å². The van der Waals surface area contributed by atoms with Gasteiger partial charge in [0.15, 0.2) is 0 Å². The van der Waals surface area contributed by atoms with Gasteiger partial charge in [0.05, 0.1) is 11.3 Å². The van der Waals surface area contributed by atoms with Gasteiger partial charge < -0.3 is 9.84 Å². The van der Waals surface area contributed by atoms with E-state index in [-0.39, 0.29) is 35.8 Å². The minimum atomic E-state index is -4.50. The topological polar surface area (TPSA) is 68.0 Å². The Kier molecular flexibility index (Phi) is 5.39. The van der Waals surface area contributed by atoms with Gasteiger partial charge in [-0.2, -0.15) is 18.2 Å². The summed E-state index contributed by atoms with van der Waals surface area (Å²) >= 11 is 0. The van der Waals surface area contributed by atoms with E-state index in [1.54, 1.807) is 0 Å². The summed E-state index contributed by atoms with van der Waals surface area (Å²) in [6.07, 6.45) is -4.67. The van der Waals surface area contributed by atoms with Crippen LogP contribution < -0.4 is 5.32 Å². The molecule has 3 aromatic rings. The lowest BCUT2D eigenvalue weighted by atomic mass is 10.1. The first-order chi connectivity index (χ1) is 13.2. The van der Waals surface area contributed by atoms with Crippen molar-refractivity contribution < 1.29 is 31.3 Å². The average molecular weight is 397 g/mol. The quantitative estimate of drug-likeness (QED) is 0.639. The number of carbonyl (C=O) groups is 1. The Balaban J connectivity index is 1.63. The van der Waals surface area contributed by atoms with E-state index >= 15 is 0 Å². The summed E-state index contributed by atoms with van der Waals surface area (Å²) in [5.41, 5.74) is -0.915. The van der Waals surface area contributed by atoms with Crippen molar-refractivity contribution in [1.82, 2.24) is 10.1 Å². The van der Waals surface area contributed by atoms with Gasteiger partial charge in [0.25, 0.3) is 0 Å². The fraction of sp³-hybridized carbons (Fsp3) is 0.167. The molecule has 0 atom stereocenters. The lowest BCUT2D eigenvalue weighted by Crippen LogP contribution is -2.13. The van der Waals surface area contributed by atoms with Crippen molar-refractivity contribution in [3.8, 4) is 11.4 Å². The van der Waals surface area contributed by atoms with Crippen LogP contribution in [0, 0.1) is 11.6 Å². The first kappa shape index (κ1) is 19.5. The number of nitrogens with one attached hydrogen (secondary N) is 1. The highest BCUT2D eigenvalue weighted by atomic mass is 19.4. The van der Waals surface area contributed by atoms with Crippen molar-refractivity contribution >= 4 is 11.6 Å². The molecule has 0 radical (unpaired) electrons. The predicted octanol–water partition coefficient (Wildman–Crippen LogP) is 4.60. The summed E-state index contributed by atoms with van der Waals surface area (Å²) in [5, 5.41) is 5.88. The van der Waals surface area contributed by atoms with Crippen LogP contribution in [0.4, 0.5) is 27.6 Å². The van der Waals surface area contributed by atoms with Gasteiger partial charge in [-0.1, -0.05) is 17.3 Å². The molecular weight excluding hydrogens is 385 g/mol. The third-order valence-electron chi connectivity index (χ3n) is 3.69. The standard InChI is InChI=1S/C18H12F5N3O2/c19-12-4-5-14(13(20)9-12)24-15(27)6-7-16-25-17(26-28-16)10-2-1-3-11(8-10)18(21,22)23/h1-5,8-9H,6-7H2,(H,24,27). The van der Waals surface area contributed by atoms with Crippen molar-refractivity contribution in [3.63, 3.8) is 0 Å². The van der Waals surface area contributed by atoms with Crippen LogP contribution in [0.15, 0.2) is 47.0 Å². The van der Waals surface area contributed by atoms with Crippen LogP contribution in [0.1, 0.15) is 17.9 Å². The molecule has 2 aromatic carbocycles. The molecule has 146 valence electrons. The fourth-order valence-corrected chi connectivity index (χ4v) is 2.33. The number of rotatable bonds is 5. The number of hydrogen-bond donors (Lipinski definition) is 1. The maximum atomic E-state index is 13.5. The number of aryl methyl sites for hydroxylation is 1. The number of hydrogen-bond acceptors (Lipinski definition) is 4. The van der Waals surface area contributed by atoms with E-state index < -0.39 is 29.3 Å². The van der Waals surface area contributed by atoms with Gasteiger partial charge in [-0.25, -0.2) is 8.78 Å². The molecule has 0 aliphatic heterocycles. The van der Waals surface area contributed by atoms with Crippen LogP contribution in [-0.2, 0) is 17.4 Å². The Bertz CT molecular complexity index is 1000. The molecule has 0 bridgehead atoms. The average Bonchev–Trinajstić information content (AvgIpc) is 3.11. The van der Waals surface area contributed by atoms with E-state index in [0.717, 1.165) is 24.3 Å². The summed E-state index contributed by atoms with van der Waals surface area (Å²) in [4.78, 5) is 15.8. The molecule has 28 heavy (non-hydrogen) atoms. The summed E-state index contributed by atoms with van der Waals surface area (Å²) in [6.45, 7) is 0. The van der Waals surface area contributed by atoms with Gasteiger partial charge in [0.2, 0.25) is 17.6 Å². The van der Waals surface area contributed by atoms with E-state index in [2.05, 4.69) is 15.5 Å². The van der Waals surface area contributed by atoms with Crippen molar-refractivity contribution in [2.24, 2.45) is 0 Å². The maximum absolute atomic E-state index is 13.5. The predicted molar refractivity (Wildman–Crippen MR) is 88.0 cm³/mol. The number of amides is 1. The van der Waals surface area contributed by atoms with Gasteiger partial charge in [0.1, 0.15) is 11.6 Å². The highest BCUT2D eigenvalue weighted by Crippen LogP contribution is 2.31. The summed E-state index contributed by atoms with van der Waals surface area (Å²) < 4.78 is 69.6. The number of aromatic nitrogens is 2. The molecule has 1 amide bonds. The zero-order valence-corrected chi connectivity index (χ0v) is 14.1. The van der Waals surface area contributed by atoms with Crippen LogP contribution >= 0.6 is 0 Å². The minimum absolute atomic E-state index is 0.0133. The van der Waals surface area contributed by atoms with Crippen LogP contribution in [-0.4, -0.2) is 16.0 Å². The molecule has 0 aliphatic carbocycles. The highest BCUT2D eigenvalue weighted by molar-refractivity contribution is 5.90. The Morgan fingerprint density at radius 3 is 2.61 bits per heavy atom. The SMILES string of the molecule is O=C(CCc1nc(-c2cccc(C(F)(F)F)c2)no1)Nc1ccc(F)cc1F. The third-order valence-corrected chi connectivity index (χ3v) is 3.69. The second kappa shape index (κ2) is 7.75. The third kappa shape index (κ3) is 4.70. The van der Waals surface area contributed by atoms with Crippen molar-refractivity contribution in [1.29, 1.82) is 0 Å². The Morgan fingerprint density at radius 1 is 1.11 bits per heavy atom. The van der Waals surface area contributed by atoms with Gasteiger partial charge in [-0.05, 0) is 24.3 Å². The molecule has 1 N–H and O–H groups in total. The largest absolute Gasteiger partial charge is 0.416 e. The second-order valence-corrected chi connectivity index (χ2v) is 5.76. The molecule has 0 saturated carbocycles. The van der Waals surface area contributed by atoms with E-state index in [0.29, 0.717) is 6.07 Å². The number of halogens is 5. The minimum Gasteiger partial charge on any atom is -0.339 e. The van der Waals surface area contributed by atoms with E-state index in [1.165, 1.54) is 12.1 Å². The zero-order chi connectivity index (χ0) is 20.3. The van der Waals surface area contributed by atoms with Crippen LogP contribution in [0.2, 0.25) is 0 Å². The first-order valence-corrected chi connectivity index (χ1v) is 7.97. The molecule has 0 spiro atoms. The summed E-state index contributed by atoms with van der Waals surface area (Å²) in [7, 11) is 0. The van der Waals surface area contributed by atoms with E-state index in [9.17, 15) is 26.7 Å². The monoisotopic (exact) mass is 397 g/mol. The Labute approximate surface area is 155 Å². The summed E-state index contributed by atoms with van der Waals surface area (Å²) in [6, 6.07) is 7.14. The summed E-state index contributed by atoms with van der Waals surface area (Å²) in [5.74, 6) is -2.29. The van der Waals surface area contributed by atoms with Gasteiger partial charge >= 0.3 is 6.18 Å². The molecule has 5 nitrogen and oxygen atoms in total. The lowest BCUT2D eigenvalue weighted by molar-refractivity contribution is -0.137. The number of benzene rings is 2. The maximum Gasteiger partial charge on any atom is 0.416 e. The smallest absolute Gasteiger partial charge is 0.339 e. The van der Waals surface area contributed by atoms with Crippen LogP contribution in [0.3, 0.4) is 0 Å². The zero-order valence-electron chi connectivity index (χ0n) is 14.1. The molecule has 1 aromatic heterocycles. The molecule has 1 heterocycles. The lowest BCUT2D eigenvalue weighted by Gasteiger charge is -2.06. The second-order valence-electron chi connectivity index (χ2n) is 5.76. The molecule has 0 aliphatic rings. The van der Waals surface area contributed by atoms with Crippen molar-refractivity contribution in [2.75, 3.05) is 5.32 Å². The molecular formula is C18H12F5N3O2. The first-order valence-electron chi connectivity index (χ1n) is 7.97. The van der Waals surface area contributed by atoms with E-state index in [1.807, 2.05) is 0 Å². The van der Waals surface area contributed by atoms with E-state index in [4.69, 9.17) is 4.52 Å². The molecule has 0 saturated heterocycles. The van der Waals surface area contributed by atoms with Gasteiger partial charge in [0, 0.05) is 24.5 Å². The number of anilines is 1.